The Labute approximate surface area is 108 Å². The van der Waals surface area contributed by atoms with Crippen molar-refractivity contribution in [2.45, 2.75) is 4.90 Å². The van der Waals surface area contributed by atoms with Gasteiger partial charge in [0.15, 0.2) is 0 Å². The Morgan fingerprint density at radius 3 is 2.18 bits per heavy atom. The van der Waals surface area contributed by atoms with Crippen molar-refractivity contribution >= 4 is 31.7 Å². The van der Waals surface area contributed by atoms with E-state index in [9.17, 15) is 8.09 Å². The molecule has 0 spiro atoms. The lowest BCUT2D eigenvalue weighted by Crippen LogP contribution is -1.90. The van der Waals surface area contributed by atoms with Gasteiger partial charge in [0.25, 0.3) is 0 Å². The van der Waals surface area contributed by atoms with Crippen molar-refractivity contribution in [3.63, 3.8) is 0 Å². The van der Waals surface area contributed by atoms with E-state index in [1.807, 2.05) is 0 Å². The van der Waals surface area contributed by atoms with Crippen LogP contribution in [0, 0.1) is 0 Å². The molecule has 0 heterocycles. The zero-order chi connectivity index (χ0) is 12.3. The van der Waals surface area contributed by atoms with Crippen LogP contribution >= 0.6 is 15.9 Å². The summed E-state index contributed by atoms with van der Waals surface area (Å²) in [5, 5.41) is 0. The molecular weight excluding hydrogens is 305 g/mol. The maximum atomic E-state index is 14.0. The van der Waals surface area contributed by atoms with Crippen LogP contribution in [-0.4, -0.2) is 4.21 Å². The van der Waals surface area contributed by atoms with Gasteiger partial charge >= 0.3 is 0 Å². The van der Waals surface area contributed by atoms with E-state index in [1.165, 1.54) is 12.1 Å². The third kappa shape index (κ3) is 3.14. The molecule has 2 rings (SSSR count). The van der Waals surface area contributed by atoms with E-state index in [0.29, 0.717) is 5.69 Å². The first-order valence-electron chi connectivity index (χ1n) is 4.85. The van der Waals surface area contributed by atoms with E-state index in [0.717, 1.165) is 4.47 Å². The molecule has 88 valence electrons. The van der Waals surface area contributed by atoms with Crippen molar-refractivity contribution in [3.8, 4) is 0 Å². The van der Waals surface area contributed by atoms with Crippen LogP contribution in [0.4, 0.5) is 9.57 Å². The smallest absolute Gasteiger partial charge is 0.211 e. The lowest BCUT2D eigenvalue weighted by molar-refractivity contribution is 0.639. The summed E-state index contributed by atoms with van der Waals surface area (Å²) < 4.78 is 30.3. The topological polar surface area (TPSA) is 29.4 Å². The van der Waals surface area contributed by atoms with Crippen LogP contribution < -0.4 is 0 Å². The molecule has 0 saturated carbocycles. The molecule has 0 fully saturated rings. The molecule has 0 bridgehead atoms. The highest BCUT2D eigenvalue weighted by Gasteiger charge is 2.09. The summed E-state index contributed by atoms with van der Waals surface area (Å²) in [4.78, 5) is 0.0860. The molecule has 2 aromatic carbocycles. The summed E-state index contributed by atoms with van der Waals surface area (Å²) in [6, 6.07) is 14.6. The van der Waals surface area contributed by atoms with Gasteiger partial charge in [-0.15, -0.1) is 3.89 Å². The molecule has 2 aromatic rings. The first-order chi connectivity index (χ1) is 8.08. The normalized spacial score (nSPS) is 14.0. The van der Waals surface area contributed by atoms with Gasteiger partial charge in [0.1, 0.15) is 0 Å². The standard InChI is InChI=1S/C12H9BrFNOS/c13-10-6-8-11(9-7-10)15-17(14,16)12-4-2-1-3-5-12/h1-9H/t17-/m1/s1. The lowest BCUT2D eigenvalue weighted by atomic mass is 10.3. The highest BCUT2D eigenvalue weighted by molar-refractivity contribution is 9.10. The van der Waals surface area contributed by atoms with E-state index in [2.05, 4.69) is 20.3 Å². The van der Waals surface area contributed by atoms with Crippen molar-refractivity contribution in [1.82, 2.24) is 0 Å². The van der Waals surface area contributed by atoms with Gasteiger partial charge in [0.2, 0.25) is 10.1 Å². The Balaban J connectivity index is 2.46. The molecule has 0 radical (unpaired) electrons. The average molecular weight is 314 g/mol. The minimum Gasteiger partial charge on any atom is -0.211 e. The molecule has 1 atom stereocenters. The summed E-state index contributed by atoms with van der Waals surface area (Å²) >= 11 is 3.26. The van der Waals surface area contributed by atoms with Crippen molar-refractivity contribution in [3.05, 3.63) is 59.1 Å². The first kappa shape index (κ1) is 12.3. The van der Waals surface area contributed by atoms with Crippen LogP contribution in [0.25, 0.3) is 0 Å². The van der Waals surface area contributed by atoms with Crippen LogP contribution in [0.3, 0.4) is 0 Å². The fourth-order valence-corrected chi connectivity index (χ4v) is 2.53. The molecule has 0 aromatic heterocycles. The number of hydrogen-bond acceptors (Lipinski definition) is 2. The van der Waals surface area contributed by atoms with Gasteiger partial charge in [-0.3, -0.25) is 0 Å². The van der Waals surface area contributed by atoms with Gasteiger partial charge in [-0.2, -0.15) is 4.36 Å². The zero-order valence-electron chi connectivity index (χ0n) is 8.72. The highest BCUT2D eigenvalue weighted by Crippen LogP contribution is 2.23. The minimum absolute atomic E-state index is 0.0860. The Kier molecular flexibility index (Phi) is 3.59. The first-order valence-corrected chi connectivity index (χ1v) is 7.06. The van der Waals surface area contributed by atoms with E-state index < -0.39 is 10.1 Å². The van der Waals surface area contributed by atoms with Crippen LogP contribution in [0.5, 0.6) is 0 Å². The van der Waals surface area contributed by atoms with Gasteiger partial charge in [-0.25, -0.2) is 4.21 Å². The second-order valence-electron chi connectivity index (χ2n) is 3.34. The predicted octanol–water partition coefficient (Wildman–Crippen LogP) is 4.49. The zero-order valence-corrected chi connectivity index (χ0v) is 11.1. The maximum Gasteiger partial charge on any atom is 0.235 e. The average Bonchev–Trinajstić information content (AvgIpc) is 2.33. The van der Waals surface area contributed by atoms with Gasteiger partial charge in [-0.05, 0) is 36.4 Å². The summed E-state index contributed by atoms with van der Waals surface area (Å²) in [6.45, 7) is 0. The molecule has 0 aliphatic rings. The largest absolute Gasteiger partial charge is 0.235 e. The summed E-state index contributed by atoms with van der Waals surface area (Å²) in [5.74, 6) is 0. The molecular formula is C12H9BrFNOS. The van der Waals surface area contributed by atoms with E-state index in [1.54, 1.807) is 42.5 Å². The number of halogens is 2. The Hall–Kier alpha value is -1.20. The number of benzene rings is 2. The molecule has 0 unspecified atom stereocenters. The monoisotopic (exact) mass is 313 g/mol. The van der Waals surface area contributed by atoms with Crippen LogP contribution in [0.2, 0.25) is 0 Å². The molecule has 0 aliphatic carbocycles. The fraction of sp³-hybridized carbons (Fsp3) is 0. The number of hydrogen-bond donors (Lipinski definition) is 0. The quantitative estimate of drug-likeness (QED) is 0.751. The molecule has 2 nitrogen and oxygen atoms in total. The Morgan fingerprint density at radius 1 is 1.00 bits per heavy atom. The minimum atomic E-state index is -3.87. The van der Waals surface area contributed by atoms with Gasteiger partial charge in [0, 0.05) is 4.47 Å². The van der Waals surface area contributed by atoms with Gasteiger partial charge in [-0.1, -0.05) is 34.1 Å². The van der Waals surface area contributed by atoms with Crippen LogP contribution in [0.1, 0.15) is 0 Å². The second kappa shape index (κ2) is 4.98. The third-order valence-corrected chi connectivity index (χ3v) is 3.91. The number of rotatable bonds is 2. The van der Waals surface area contributed by atoms with E-state index in [4.69, 9.17) is 0 Å². The Morgan fingerprint density at radius 2 is 1.59 bits per heavy atom. The van der Waals surface area contributed by atoms with Crippen LogP contribution in [0.15, 0.2) is 68.3 Å². The van der Waals surface area contributed by atoms with Crippen molar-refractivity contribution in [2.24, 2.45) is 4.36 Å². The highest BCUT2D eigenvalue weighted by atomic mass is 79.9. The van der Waals surface area contributed by atoms with Crippen molar-refractivity contribution in [1.29, 1.82) is 0 Å². The lowest BCUT2D eigenvalue weighted by Gasteiger charge is -2.00. The maximum absolute atomic E-state index is 14.0. The van der Waals surface area contributed by atoms with E-state index in [-0.39, 0.29) is 4.90 Å². The summed E-state index contributed by atoms with van der Waals surface area (Å²) in [6.07, 6.45) is 0. The molecule has 0 saturated heterocycles. The molecule has 0 aliphatic heterocycles. The molecule has 0 amide bonds. The summed E-state index contributed by atoms with van der Waals surface area (Å²) in [7, 11) is -3.87. The number of nitrogens with zero attached hydrogens (tertiary/aromatic N) is 1. The predicted molar refractivity (Wildman–Crippen MR) is 70.2 cm³/mol. The van der Waals surface area contributed by atoms with Gasteiger partial charge < -0.3 is 0 Å². The van der Waals surface area contributed by atoms with Crippen molar-refractivity contribution in [2.75, 3.05) is 0 Å². The third-order valence-electron chi connectivity index (χ3n) is 2.08. The van der Waals surface area contributed by atoms with Gasteiger partial charge in [0.05, 0.1) is 10.6 Å². The summed E-state index contributed by atoms with van der Waals surface area (Å²) in [5.41, 5.74) is 0.351. The fourth-order valence-electron chi connectivity index (χ4n) is 1.28. The Bertz CT molecular complexity index is 619. The second-order valence-corrected chi connectivity index (χ2v) is 5.83. The molecule has 17 heavy (non-hydrogen) atoms. The van der Waals surface area contributed by atoms with Crippen molar-refractivity contribution < 1.29 is 8.09 Å². The van der Waals surface area contributed by atoms with E-state index >= 15 is 0 Å². The SMILES string of the molecule is O=[S@](F)(=Nc1ccc(Br)cc1)c1ccccc1. The molecule has 0 N–H and O–H groups in total. The van der Waals surface area contributed by atoms with Crippen LogP contribution in [-0.2, 0) is 10.1 Å². The molecule has 5 heteroatoms.